The minimum atomic E-state index is 0.732. The van der Waals surface area contributed by atoms with Gasteiger partial charge in [-0.2, -0.15) is 0 Å². The summed E-state index contributed by atoms with van der Waals surface area (Å²) in [4.78, 5) is 16.3. The smallest absolute Gasteiger partial charge is 0.200 e. The van der Waals surface area contributed by atoms with E-state index >= 15 is 0 Å². The van der Waals surface area contributed by atoms with Crippen molar-refractivity contribution in [1.29, 1.82) is 0 Å². The lowest BCUT2D eigenvalue weighted by atomic mass is 10.1. The van der Waals surface area contributed by atoms with Gasteiger partial charge in [-0.15, -0.1) is 0 Å². The fraction of sp³-hybridized carbons (Fsp3) is 0.316. The van der Waals surface area contributed by atoms with Gasteiger partial charge < -0.3 is 15.0 Å². The third-order valence-corrected chi connectivity index (χ3v) is 3.97. The highest BCUT2D eigenvalue weighted by atomic mass is 16.5. The summed E-state index contributed by atoms with van der Waals surface area (Å²) in [5, 5.41) is 3.31. The molecule has 0 unspecified atom stereocenters. The zero-order valence-corrected chi connectivity index (χ0v) is 14.6. The van der Waals surface area contributed by atoms with Crippen LogP contribution in [0.25, 0.3) is 22.5 Å². The molecule has 3 rings (SSSR count). The highest BCUT2D eigenvalue weighted by Gasteiger charge is 2.07. The molecule has 0 amide bonds. The van der Waals surface area contributed by atoms with Gasteiger partial charge in [-0.25, -0.2) is 4.98 Å². The summed E-state index contributed by atoms with van der Waals surface area (Å²) in [7, 11) is 1.64. The lowest BCUT2D eigenvalue weighted by Gasteiger charge is -2.05. The zero-order valence-electron chi connectivity index (χ0n) is 14.6. The maximum Gasteiger partial charge on any atom is 0.200 e. The van der Waals surface area contributed by atoms with Crippen LogP contribution in [0.1, 0.15) is 26.2 Å². The fourth-order valence-corrected chi connectivity index (χ4v) is 2.57. The number of unbranched alkanes of at least 4 members (excludes halogenated alkanes) is 2. The molecule has 0 saturated heterocycles. The lowest BCUT2D eigenvalue weighted by Crippen LogP contribution is -2.02. The van der Waals surface area contributed by atoms with E-state index in [1.54, 1.807) is 25.7 Å². The minimum Gasteiger partial charge on any atom is -0.495 e. The molecule has 3 aromatic rings. The van der Waals surface area contributed by atoms with Gasteiger partial charge in [0.25, 0.3) is 0 Å². The third kappa shape index (κ3) is 4.35. The quantitative estimate of drug-likeness (QED) is 0.604. The standard InChI is InChI=1S/C19H23N5O/c1-3-4-5-7-22-19-23-13-18(24-19)17-10-14(6-8-21-17)15-9-16(25-2)12-20-11-15/h6,8-13H,3-5,7H2,1-2H3,(H2,22,23,24). The van der Waals surface area contributed by atoms with Gasteiger partial charge in [0.15, 0.2) is 0 Å². The van der Waals surface area contributed by atoms with Crippen molar-refractivity contribution in [1.82, 2.24) is 19.9 Å². The minimum absolute atomic E-state index is 0.732. The number of hydrogen-bond acceptors (Lipinski definition) is 5. The van der Waals surface area contributed by atoms with E-state index in [4.69, 9.17) is 4.74 Å². The molecule has 25 heavy (non-hydrogen) atoms. The zero-order chi connectivity index (χ0) is 17.5. The molecule has 130 valence electrons. The Morgan fingerprint density at radius 2 is 2.00 bits per heavy atom. The van der Waals surface area contributed by atoms with E-state index in [0.29, 0.717) is 0 Å². The number of hydrogen-bond donors (Lipinski definition) is 2. The van der Waals surface area contributed by atoms with Crippen molar-refractivity contribution in [3.05, 3.63) is 43.0 Å². The van der Waals surface area contributed by atoms with Crippen molar-refractivity contribution in [2.45, 2.75) is 26.2 Å². The maximum atomic E-state index is 5.25. The average Bonchev–Trinajstić information content (AvgIpc) is 3.14. The molecule has 6 heteroatoms. The van der Waals surface area contributed by atoms with Crippen molar-refractivity contribution in [3.8, 4) is 28.3 Å². The van der Waals surface area contributed by atoms with Crippen LogP contribution in [0.5, 0.6) is 5.75 Å². The van der Waals surface area contributed by atoms with Crippen molar-refractivity contribution < 1.29 is 4.74 Å². The molecule has 0 spiro atoms. The van der Waals surface area contributed by atoms with E-state index in [-0.39, 0.29) is 0 Å². The molecule has 0 radical (unpaired) electrons. The van der Waals surface area contributed by atoms with Crippen molar-refractivity contribution in [3.63, 3.8) is 0 Å². The number of methoxy groups -OCH3 is 1. The number of H-pyrrole nitrogens is 1. The number of rotatable bonds is 8. The van der Waals surface area contributed by atoms with Crippen LogP contribution in [0.4, 0.5) is 5.95 Å². The predicted octanol–water partition coefficient (Wildman–Crippen LogP) is 4.14. The van der Waals surface area contributed by atoms with E-state index in [0.717, 1.165) is 47.2 Å². The largest absolute Gasteiger partial charge is 0.495 e. The van der Waals surface area contributed by atoms with Gasteiger partial charge in [-0.3, -0.25) is 9.97 Å². The van der Waals surface area contributed by atoms with Gasteiger partial charge in [-0.1, -0.05) is 19.8 Å². The first kappa shape index (κ1) is 17.0. The lowest BCUT2D eigenvalue weighted by molar-refractivity contribution is 0.413. The Balaban J connectivity index is 1.76. The monoisotopic (exact) mass is 337 g/mol. The number of imidazole rings is 1. The van der Waals surface area contributed by atoms with E-state index in [2.05, 4.69) is 32.2 Å². The number of aromatic nitrogens is 4. The number of nitrogens with one attached hydrogen (secondary N) is 2. The summed E-state index contributed by atoms with van der Waals surface area (Å²) in [5.74, 6) is 1.51. The van der Waals surface area contributed by atoms with Crippen LogP contribution in [-0.4, -0.2) is 33.6 Å². The summed E-state index contributed by atoms with van der Waals surface area (Å²) in [6.45, 7) is 3.12. The van der Waals surface area contributed by atoms with Gasteiger partial charge in [0.05, 0.1) is 30.9 Å². The van der Waals surface area contributed by atoms with Crippen LogP contribution in [0.2, 0.25) is 0 Å². The molecular formula is C19H23N5O. The van der Waals surface area contributed by atoms with Crippen LogP contribution in [-0.2, 0) is 0 Å². The number of aromatic amines is 1. The van der Waals surface area contributed by atoms with Crippen LogP contribution >= 0.6 is 0 Å². The molecule has 6 nitrogen and oxygen atoms in total. The first-order valence-corrected chi connectivity index (χ1v) is 8.55. The van der Waals surface area contributed by atoms with Gasteiger partial charge >= 0.3 is 0 Å². The molecule has 0 aliphatic heterocycles. The summed E-state index contributed by atoms with van der Waals surface area (Å²) >= 11 is 0. The number of ether oxygens (including phenoxy) is 1. The molecule has 2 N–H and O–H groups in total. The molecule has 0 saturated carbocycles. The molecule has 0 aliphatic carbocycles. The second-order valence-corrected chi connectivity index (χ2v) is 5.82. The van der Waals surface area contributed by atoms with Crippen molar-refractivity contribution in [2.75, 3.05) is 19.0 Å². The fourth-order valence-electron chi connectivity index (χ4n) is 2.57. The molecular weight excluding hydrogens is 314 g/mol. The Hall–Kier alpha value is -2.89. The van der Waals surface area contributed by atoms with E-state index in [9.17, 15) is 0 Å². The molecule has 0 aliphatic rings. The first-order chi connectivity index (χ1) is 12.3. The van der Waals surface area contributed by atoms with Gasteiger partial charge in [-0.05, 0) is 30.2 Å². The molecule has 0 bridgehead atoms. The third-order valence-electron chi connectivity index (χ3n) is 3.97. The normalized spacial score (nSPS) is 10.6. The number of pyridine rings is 2. The van der Waals surface area contributed by atoms with Gasteiger partial charge in [0.2, 0.25) is 5.95 Å². The molecule has 3 aromatic heterocycles. The van der Waals surface area contributed by atoms with Crippen LogP contribution < -0.4 is 10.1 Å². The highest BCUT2D eigenvalue weighted by Crippen LogP contribution is 2.26. The average molecular weight is 337 g/mol. The first-order valence-electron chi connectivity index (χ1n) is 8.55. The molecule has 0 atom stereocenters. The summed E-state index contributed by atoms with van der Waals surface area (Å²) in [5.41, 5.74) is 3.74. The Morgan fingerprint density at radius 1 is 1.08 bits per heavy atom. The molecule has 0 fully saturated rings. The van der Waals surface area contributed by atoms with Crippen LogP contribution in [0.15, 0.2) is 43.0 Å². The van der Waals surface area contributed by atoms with E-state index < -0.39 is 0 Å². The number of anilines is 1. The van der Waals surface area contributed by atoms with Gasteiger partial charge in [0, 0.05) is 24.5 Å². The van der Waals surface area contributed by atoms with Crippen molar-refractivity contribution in [2.24, 2.45) is 0 Å². The van der Waals surface area contributed by atoms with Crippen LogP contribution in [0.3, 0.4) is 0 Å². The Labute approximate surface area is 147 Å². The number of nitrogens with zero attached hydrogens (tertiary/aromatic N) is 3. The van der Waals surface area contributed by atoms with E-state index in [1.807, 2.05) is 24.4 Å². The van der Waals surface area contributed by atoms with Crippen LogP contribution in [0, 0.1) is 0 Å². The second-order valence-electron chi connectivity index (χ2n) is 5.82. The Morgan fingerprint density at radius 3 is 2.84 bits per heavy atom. The highest BCUT2D eigenvalue weighted by molar-refractivity contribution is 5.69. The Bertz CT molecular complexity index is 815. The second kappa shape index (κ2) is 8.28. The Kier molecular flexibility index (Phi) is 5.61. The molecule has 3 heterocycles. The SMILES string of the molecule is CCCCCNc1ncc(-c2cc(-c3cncc(OC)c3)ccn2)[nH]1. The molecule has 0 aromatic carbocycles. The van der Waals surface area contributed by atoms with Gasteiger partial charge in [0.1, 0.15) is 5.75 Å². The maximum absolute atomic E-state index is 5.25. The van der Waals surface area contributed by atoms with E-state index in [1.165, 1.54) is 12.8 Å². The van der Waals surface area contributed by atoms with Crippen molar-refractivity contribution >= 4 is 5.95 Å². The summed E-state index contributed by atoms with van der Waals surface area (Å²) < 4.78 is 5.25. The topological polar surface area (TPSA) is 75.7 Å². The summed E-state index contributed by atoms with van der Waals surface area (Å²) in [6, 6.07) is 5.94. The summed E-state index contributed by atoms with van der Waals surface area (Å²) in [6.07, 6.45) is 10.7. The predicted molar refractivity (Wildman–Crippen MR) is 99.6 cm³/mol.